The summed E-state index contributed by atoms with van der Waals surface area (Å²) < 4.78 is 11.7. The number of hydrogen-bond donors (Lipinski definition) is 0. The van der Waals surface area contributed by atoms with Crippen molar-refractivity contribution in [2.24, 2.45) is 0 Å². The lowest BCUT2D eigenvalue weighted by Gasteiger charge is -2.12. The Morgan fingerprint density at radius 2 is 2.05 bits per heavy atom. The third kappa shape index (κ3) is 4.34. The summed E-state index contributed by atoms with van der Waals surface area (Å²) in [5, 5.41) is 8.71. The minimum Gasteiger partial charge on any atom is -0.488 e. The Morgan fingerprint density at radius 3 is 2.77 bits per heavy atom. The first-order valence-electron chi connectivity index (χ1n) is 6.67. The monoisotopic (exact) mass is 359 g/mol. The van der Waals surface area contributed by atoms with Crippen molar-refractivity contribution in [2.45, 2.75) is 19.6 Å². The molecule has 0 fully saturated rings. The third-order valence-corrected chi connectivity index (χ3v) is 3.35. The number of para-hydroxylation sites is 1. The van der Waals surface area contributed by atoms with Crippen LogP contribution in [-0.2, 0) is 11.3 Å². The molecule has 0 amide bonds. The first-order chi connectivity index (χ1) is 10.6. The van der Waals surface area contributed by atoms with Gasteiger partial charge in [0.25, 0.3) is 0 Å². The van der Waals surface area contributed by atoms with Crippen molar-refractivity contribution in [1.29, 1.82) is 5.26 Å². The quantitative estimate of drug-likeness (QED) is 0.754. The second-order valence-electron chi connectivity index (χ2n) is 4.59. The zero-order valence-corrected chi connectivity index (χ0v) is 13.5. The van der Waals surface area contributed by atoms with Gasteiger partial charge >= 0.3 is 5.97 Å². The molecule has 0 unspecified atom stereocenters. The average molecular weight is 360 g/mol. The third-order valence-electron chi connectivity index (χ3n) is 2.86. The lowest BCUT2D eigenvalue weighted by Crippen LogP contribution is -2.14. The molecular formula is C17H14BrNO3. The van der Waals surface area contributed by atoms with Crippen LogP contribution in [0.5, 0.6) is 5.75 Å². The molecule has 0 radical (unpaired) electrons. The number of nitrogens with zero attached hydrogens (tertiary/aromatic N) is 1. The predicted molar refractivity (Wildman–Crippen MR) is 85.4 cm³/mol. The van der Waals surface area contributed by atoms with Crippen molar-refractivity contribution in [3.8, 4) is 11.8 Å². The van der Waals surface area contributed by atoms with E-state index in [0.29, 0.717) is 17.9 Å². The normalized spacial score (nSPS) is 11.3. The maximum Gasteiger partial charge on any atom is 0.343 e. The Kier molecular flexibility index (Phi) is 5.56. The maximum absolute atomic E-state index is 12.0. The predicted octanol–water partition coefficient (Wildman–Crippen LogP) is 4.10. The Morgan fingerprint density at radius 1 is 1.27 bits per heavy atom. The lowest BCUT2D eigenvalue weighted by atomic mass is 10.2. The van der Waals surface area contributed by atoms with Crippen LogP contribution in [0.15, 0.2) is 53.0 Å². The highest BCUT2D eigenvalue weighted by atomic mass is 79.9. The molecule has 0 saturated heterocycles. The fourth-order valence-electron chi connectivity index (χ4n) is 1.80. The Balaban J connectivity index is 2.11. The summed E-state index contributed by atoms with van der Waals surface area (Å²) in [5.41, 5.74) is 1.28. The van der Waals surface area contributed by atoms with Crippen LogP contribution in [0.3, 0.4) is 0 Å². The van der Waals surface area contributed by atoms with E-state index in [2.05, 4.69) is 15.9 Å². The Bertz CT molecular complexity index is 709. The Labute approximate surface area is 137 Å². The van der Waals surface area contributed by atoms with Crippen molar-refractivity contribution in [2.75, 3.05) is 0 Å². The van der Waals surface area contributed by atoms with Crippen LogP contribution in [0, 0.1) is 11.3 Å². The van der Waals surface area contributed by atoms with Gasteiger partial charge in [-0.15, -0.1) is 0 Å². The van der Waals surface area contributed by atoms with Crippen LogP contribution in [0.1, 0.15) is 22.8 Å². The van der Waals surface area contributed by atoms with E-state index >= 15 is 0 Å². The number of ether oxygens (including phenoxy) is 2. The summed E-state index contributed by atoms with van der Waals surface area (Å²) in [4.78, 5) is 12.0. The SMILES string of the molecule is C[C@@H](C#N)OC(=O)c1ccccc1OCc1cccc(Br)c1. The van der Waals surface area contributed by atoms with Crippen LogP contribution < -0.4 is 4.74 Å². The van der Waals surface area contributed by atoms with E-state index in [1.54, 1.807) is 24.3 Å². The van der Waals surface area contributed by atoms with Crippen molar-refractivity contribution in [1.82, 2.24) is 0 Å². The van der Waals surface area contributed by atoms with E-state index in [9.17, 15) is 4.79 Å². The van der Waals surface area contributed by atoms with Gasteiger partial charge in [0.15, 0.2) is 6.10 Å². The highest BCUT2D eigenvalue weighted by Gasteiger charge is 2.16. The summed E-state index contributed by atoms with van der Waals surface area (Å²) >= 11 is 3.40. The summed E-state index contributed by atoms with van der Waals surface area (Å²) in [5.74, 6) is -0.142. The molecular weight excluding hydrogens is 346 g/mol. The molecule has 0 spiro atoms. The zero-order chi connectivity index (χ0) is 15.9. The van der Waals surface area contributed by atoms with Crippen LogP contribution in [0.4, 0.5) is 0 Å². The Hall–Kier alpha value is -2.32. The smallest absolute Gasteiger partial charge is 0.343 e. The molecule has 0 bridgehead atoms. The van der Waals surface area contributed by atoms with Gasteiger partial charge in [0, 0.05) is 4.47 Å². The van der Waals surface area contributed by atoms with Gasteiger partial charge < -0.3 is 9.47 Å². The molecule has 22 heavy (non-hydrogen) atoms. The molecule has 0 saturated carbocycles. The number of esters is 1. The molecule has 2 aromatic rings. The molecule has 4 nitrogen and oxygen atoms in total. The maximum atomic E-state index is 12.0. The van der Waals surface area contributed by atoms with Gasteiger partial charge in [-0.05, 0) is 36.8 Å². The van der Waals surface area contributed by atoms with Gasteiger partial charge in [-0.3, -0.25) is 0 Å². The fourth-order valence-corrected chi connectivity index (χ4v) is 2.25. The molecule has 112 valence electrons. The minimum atomic E-state index is -0.800. The van der Waals surface area contributed by atoms with Crippen LogP contribution in [-0.4, -0.2) is 12.1 Å². The molecule has 0 aliphatic carbocycles. The minimum absolute atomic E-state index is 0.305. The van der Waals surface area contributed by atoms with Gasteiger partial charge in [0.05, 0.1) is 0 Å². The second kappa shape index (κ2) is 7.62. The van der Waals surface area contributed by atoms with E-state index in [4.69, 9.17) is 14.7 Å². The van der Waals surface area contributed by atoms with E-state index < -0.39 is 12.1 Å². The molecule has 0 aromatic heterocycles. The highest BCUT2D eigenvalue weighted by Crippen LogP contribution is 2.21. The molecule has 5 heteroatoms. The van der Waals surface area contributed by atoms with Crippen molar-refractivity contribution >= 4 is 21.9 Å². The summed E-state index contributed by atoms with van der Waals surface area (Å²) in [6.45, 7) is 1.85. The van der Waals surface area contributed by atoms with Gasteiger partial charge in [-0.1, -0.05) is 40.2 Å². The lowest BCUT2D eigenvalue weighted by molar-refractivity contribution is 0.0430. The molecule has 2 rings (SSSR count). The zero-order valence-electron chi connectivity index (χ0n) is 12.0. The van der Waals surface area contributed by atoms with Crippen molar-refractivity contribution < 1.29 is 14.3 Å². The largest absolute Gasteiger partial charge is 0.488 e. The number of halogens is 1. The van der Waals surface area contributed by atoms with E-state index in [1.165, 1.54) is 6.92 Å². The average Bonchev–Trinajstić information content (AvgIpc) is 2.53. The second-order valence-corrected chi connectivity index (χ2v) is 5.51. The number of benzene rings is 2. The van der Waals surface area contributed by atoms with Gasteiger partial charge in [-0.2, -0.15) is 5.26 Å². The molecule has 0 heterocycles. The number of nitriles is 1. The summed E-state index contributed by atoms with van der Waals surface area (Å²) in [7, 11) is 0. The highest BCUT2D eigenvalue weighted by molar-refractivity contribution is 9.10. The first-order valence-corrected chi connectivity index (χ1v) is 7.46. The topological polar surface area (TPSA) is 59.3 Å². The molecule has 1 atom stereocenters. The van der Waals surface area contributed by atoms with Crippen molar-refractivity contribution in [3.05, 3.63) is 64.1 Å². The standard InChI is InChI=1S/C17H14BrNO3/c1-12(10-19)22-17(20)15-7-2-3-8-16(15)21-11-13-5-4-6-14(18)9-13/h2-9,12H,11H2,1H3/t12-/m0/s1. The number of carbonyl (C=O) groups is 1. The van der Waals surface area contributed by atoms with E-state index in [-0.39, 0.29) is 0 Å². The van der Waals surface area contributed by atoms with Crippen LogP contribution in [0.25, 0.3) is 0 Å². The first kappa shape index (κ1) is 16.1. The molecule has 0 aliphatic heterocycles. The number of hydrogen-bond acceptors (Lipinski definition) is 4. The van der Waals surface area contributed by atoms with E-state index in [1.807, 2.05) is 30.3 Å². The van der Waals surface area contributed by atoms with Gasteiger partial charge in [0.2, 0.25) is 0 Å². The van der Waals surface area contributed by atoms with Crippen molar-refractivity contribution in [3.63, 3.8) is 0 Å². The summed E-state index contributed by atoms with van der Waals surface area (Å²) in [6, 6.07) is 16.4. The summed E-state index contributed by atoms with van der Waals surface area (Å²) in [6.07, 6.45) is -0.800. The number of carbonyl (C=O) groups excluding carboxylic acids is 1. The molecule has 0 aliphatic rings. The van der Waals surface area contributed by atoms with Crippen LogP contribution in [0.2, 0.25) is 0 Å². The van der Waals surface area contributed by atoms with E-state index in [0.717, 1.165) is 10.0 Å². The number of rotatable bonds is 5. The van der Waals surface area contributed by atoms with Gasteiger partial charge in [0.1, 0.15) is 24.0 Å². The molecule has 0 N–H and O–H groups in total. The molecule has 2 aromatic carbocycles. The van der Waals surface area contributed by atoms with Gasteiger partial charge in [-0.25, -0.2) is 4.79 Å². The fraction of sp³-hybridized carbons (Fsp3) is 0.176. The van der Waals surface area contributed by atoms with Crippen LogP contribution >= 0.6 is 15.9 Å².